The van der Waals surface area contributed by atoms with E-state index in [1.165, 1.54) is 18.9 Å². The number of carboxylic acids is 1. The standard InChI is InChI=1S/C14H20N2O4S/c1-9-4-5-12(20-2)11(8-9)16-14(19)15-10(13(17)18)6-7-21-3/h4-5,8,10H,6-7H2,1-3H3,(H,17,18)(H2,15,16,19). The average molecular weight is 312 g/mol. The Labute approximate surface area is 128 Å². The van der Waals surface area contributed by atoms with Crippen molar-refractivity contribution in [1.82, 2.24) is 5.32 Å². The summed E-state index contributed by atoms with van der Waals surface area (Å²) in [5.74, 6) is 0.132. The van der Waals surface area contributed by atoms with Crippen molar-refractivity contribution in [3.8, 4) is 5.75 Å². The van der Waals surface area contributed by atoms with Crippen LogP contribution in [0.4, 0.5) is 10.5 Å². The molecule has 1 rings (SSSR count). The van der Waals surface area contributed by atoms with Gasteiger partial charge in [0, 0.05) is 0 Å². The molecule has 0 radical (unpaired) electrons. The van der Waals surface area contributed by atoms with Crippen LogP contribution in [0.25, 0.3) is 0 Å². The number of hydrogen-bond donors (Lipinski definition) is 3. The van der Waals surface area contributed by atoms with E-state index in [0.29, 0.717) is 23.6 Å². The Kier molecular flexibility index (Phi) is 6.87. The molecule has 0 aliphatic rings. The summed E-state index contributed by atoms with van der Waals surface area (Å²) >= 11 is 1.53. The molecule has 0 bridgehead atoms. The summed E-state index contributed by atoms with van der Waals surface area (Å²) in [6.07, 6.45) is 2.26. The molecule has 0 spiro atoms. The number of aliphatic carboxylic acids is 1. The van der Waals surface area contributed by atoms with Crippen LogP contribution < -0.4 is 15.4 Å². The van der Waals surface area contributed by atoms with Gasteiger partial charge in [-0.15, -0.1) is 0 Å². The first-order chi connectivity index (χ1) is 9.97. The third-order valence-electron chi connectivity index (χ3n) is 2.82. The van der Waals surface area contributed by atoms with Crippen LogP contribution in [0.2, 0.25) is 0 Å². The first kappa shape index (κ1) is 17.2. The maximum Gasteiger partial charge on any atom is 0.326 e. The van der Waals surface area contributed by atoms with Crippen molar-refractivity contribution in [2.24, 2.45) is 0 Å². The van der Waals surface area contributed by atoms with Crippen molar-refractivity contribution in [2.45, 2.75) is 19.4 Å². The number of amides is 2. The number of aryl methyl sites for hydroxylation is 1. The third kappa shape index (κ3) is 5.55. The SMILES string of the molecule is COc1ccc(C)cc1NC(=O)NC(CCSC)C(=O)O. The van der Waals surface area contributed by atoms with Crippen LogP contribution >= 0.6 is 11.8 Å². The molecule has 6 nitrogen and oxygen atoms in total. The van der Waals surface area contributed by atoms with Crippen molar-refractivity contribution in [3.05, 3.63) is 23.8 Å². The van der Waals surface area contributed by atoms with E-state index in [1.807, 2.05) is 19.2 Å². The van der Waals surface area contributed by atoms with Gasteiger partial charge in [0.25, 0.3) is 0 Å². The summed E-state index contributed by atoms with van der Waals surface area (Å²) in [4.78, 5) is 23.0. The maximum atomic E-state index is 11.9. The lowest BCUT2D eigenvalue weighted by atomic mass is 10.2. The second-order valence-corrected chi connectivity index (χ2v) is 5.46. The number of benzene rings is 1. The fourth-order valence-electron chi connectivity index (χ4n) is 1.73. The lowest BCUT2D eigenvalue weighted by Gasteiger charge is -2.16. The van der Waals surface area contributed by atoms with E-state index in [2.05, 4.69) is 10.6 Å². The highest BCUT2D eigenvalue weighted by Crippen LogP contribution is 2.25. The molecule has 0 saturated carbocycles. The van der Waals surface area contributed by atoms with Crippen LogP contribution in [0.3, 0.4) is 0 Å². The molecular formula is C14H20N2O4S. The summed E-state index contributed by atoms with van der Waals surface area (Å²) in [7, 11) is 1.51. The predicted molar refractivity (Wildman–Crippen MR) is 84.3 cm³/mol. The Morgan fingerprint density at radius 2 is 2.14 bits per heavy atom. The zero-order chi connectivity index (χ0) is 15.8. The first-order valence-corrected chi connectivity index (χ1v) is 7.81. The number of hydrogen-bond acceptors (Lipinski definition) is 4. The number of carboxylic acid groups (broad SMARTS) is 1. The molecule has 0 heterocycles. The lowest BCUT2D eigenvalue weighted by molar-refractivity contribution is -0.139. The van der Waals surface area contributed by atoms with Gasteiger partial charge in [-0.05, 0) is 43.0 Å². The van der Waals surface area contributed by atoms with Gasteiger partial charge < -0.3 is 20.5 Å². The number of ether oxygens (including phenoxy) is 1. The minimum atomic E-state index is -1.05. The summed E-state index contributed by atoms with van der Waals surface area (Å²) in [5.41, 5.74) is 1.47. The molecule has 0 aromatic heterocycles. The highest BCUT2D eigenvalue weighted by Gasteiger charge is 2.19. The highest BCUT2D eigenvalue weighted by atomic mass is 32.2. The Morgan fingerprint density at radius 1 is 1.43 bits per heavy atom. The van der Waals surface area contributed by atoms with E-state index < -0.39 is 18.0 Å². The Morgan fingerprint density at radius 3 is 2.71 bits per heavy atom. The number of anilines is 1. The molecule has 3 N–H and O–H groups in total. The summed E-state index contributed by atoms with van der Waals surface area (Å²) < 4.78 is 5.16. The summed E-state index contributed by atoms with van der Waals surface area (Å²) in [6, 6.07) is 3.89. The smallest absolute Gasteiger partial charge is 0.326 e. The van der Waals surface area contributed by atoms with E-state index >= 15 is 0 Å². The van der Waals surface area contributed by atoms with Gasteiger partial charge >= 0.3 is 12.0 Å². The predicted octanol–water partition coefficient (Wildman–Crippen LogP) is 2.33. The number of urea groups is 1. The van der Waals surface area contributed by atoms with Gasteiger partial charge in [-0.1, -0.05) is 6.07 Å². The molecule has 1 unspecified atom stereocenters. The zero-order valence-electron chi connectivity index (χ0n) is 12.3. The van der Waals surface area contributed by atoms with Gasteiger partial charge in [-0.2, -0.15) is 11.8 Å². The minimum absolute atomic E-state index is 0.370. The van der Waals surface area contributed by atoms with Crippen LogP contribution in [0.15, 0.2) is 18.2 Å². The molecule has 2 amide bonds. The lowest BCUT2D eigenvalue weighted by Crippen LogP contribution is -2.43. The van der Waals surface area contributed by atoms with Crippen LogP contribution in [-0.2, 0) is 4.79 Å². The molecule has 1 atom stereocenters. The second-order valence-electron chi connectivity index (χ2n) is 4.47. The summed E-state index contributed by atoms with van der Waals surface area (Å²) in [6.45, 7) is 1.89. The Bertz CT molecular complexity index is 508. The molecule has 7 heteroatoms. The quantitative estimate of drug-likeness (QED) is 0.719. The largest absolute Gasteiger partial charge is 0.495 e. The molecule has 1 aromatic rings. The van der Waals surface area contributed by atoms with Crippen LogP contribution in [-0.4, -0.2) is 42.3 Å². The van der Waals surface area contributed by atoms with Crippen molar-refractivity contribution < 1.29 is 19.4 Å². The van der Waals surface area contributed by atoms with Crippen molar-refractivity contribution in [1.29, 1.82) is 0 Å². The van der Waals surface area contributed by atoms with E-state index in [0.717, 1.165) is 5.56 Å². The van der Waals surface area contributed by atoms with Gasteiger partial charge in [0.1, 0.15) is 11.8 Å². The molecular weight excluding hydrogens is 292 g/mol. The van der Waals surface area contributed by atoms with Crippen molar-refractivity contribution in [3.63, 3.8) is 0 Å². The van der Waals surface area contributed by atoms with Gasteiger partial charge in [-0.3, -0.25) is 0 Å². The average Bonchev–Trinajstić information content (AvgIpc) is 2.43. The van der Waals surface area contributed by atoms with E-state index in [1.54, 1.807) is 12.1 Å². The van der Waals surface area contributed by atoms with Gasteiger partial charge in [0.2, 0.25) is 0 Å². The topological polar surface area (TPSA) is 87.7 Å². The number of methoxy groups -OCH3 is 1. The fraction of sp³-hybridized carbons (Fsp3) is 0.429. The van der Waals surface area contributed by atoms with Gasteiger partial charge in [0.05, 0.1) is 12.8 Å². The monoisotopic (exact) mass is 312 g/mol. The second kappa shape index (κ2) is 8.41. The third-order valence-corrected chi connectivity index (χ3v) is 3.46. The van der Waals surface area contributed by atoms with Crippen LogP contribution in [0.5, 0.6) is 5.75 Å². The van der Waals surface area contributed by atoms with Crippen molar-refractivity contribution >= 4 is 29.4 Å². The Hall–Kier alpha value is -1.89. The molecule has 0 saturated heterocycles. The number of carbonyl (C=O) groups is 2. The first-order valence-electron chi connectivity index (χ1n) is 6.41. The zero-order valence-corrected chi connectivity index (χ0v) is 13.1. The minimum Gasteiger partial charge on any atom is -0.495 e. The van der Waals surface area contributed by atoms with Crippen molar-refractivity contribution in [2.75, 3.05) is 24.4 Å². The van der Waals surface area contributed by atoms with E-state index in [-0.39, 0.29) is 0 Å². The molecule has 0 aliphatic heterocycles. The highest BCUT2D eigenvalue weighted by molar-refractivity contribution is 7.98. The van der Waals surface area contributed by atoms with E-state index in [9.17, 15) is 9.59 Å². The van der Waals surface area contributed by atoms with Crippen LogP contribution in [0.1, 0.15) is 12.0 Å². The molecule has 1 aromatic carbocycles. The van der Waals surface area contributed by atoms with E-state index in [4.69, 9.17) is 9.84 Å². The Balaban J connectivity index is 2.71. The van der Waals surface area contributed by atoms with Crippen LogP contribution in [0, 0.1) is 6.92 Å². The maximum absolute atomic E-state index is 11.9. The van der Waals surface area contributed by atoms with Gasteiger partial charge in [0.15, 0.2) is 0 Å². The molecule has 21 heavy (non-hydrogen) atoms. The fourth-order valence-corrected chi connectivity index (χ4v) is 2.20. The molecule has 0 aliphatic carbocycles. The molecule has 0 fully saturated rings. The number of nitrogens with one attached hydrogen (secondary N) is 2. The normalized spacial score (nSPS) is 11.6. The molecule has 116 valence electrons. The summed E-state index contributed by atoms with van der Waals surface area (Å²) in [5, 5.41) is 14.2. The number of rotatable bonds is 7. The van der Waals surface area contributed by atoms with Gasteiger partial charge in [-0.25, -0.2) is 9.59 Å². The number of thioether (sulfide) groups is 1. The number of carbonyl (C=O) groups excluding carboxylic acids is 1.